The van der Waals surface area contributed by atoms with Crippen LogP contribution in [0.1, 0.15) is 17.4 Å². The van der Waals surface area contributed by atoms with Crippen molar-refractivity contribution >= 4 is 39.7 Å². The molecule has 1 fully saturated rings. The highest BCUT2D eigenvalue weighted by Crippen LogP contribution is 2.43. The van der Waals surface area contributed by atoms with Crippen molar-refractivity contribution in [3.05, 3.63) is 90.0 Å². The quantitative estimate of drug-likeness (QED) is 0.285. The number of anilines is 2. The van der Waals surface area contributed by atoms with Crippen molar-refractivity contribution in [2.24, 2.45) is 0 Å². The minimum Gasteiger partial charge on any atom is -0.507 e. The van der Waals surface area contributed by atoms with Crippen LogP contribution in [-0.2, 0) is 9.59 Å². The summed E-state index contributed by atoms with van der Waals surface area (Å²) < 4.78 is 5.61. The smallest absolute Gasteiger partial charge is 0.300 e. The second kappa shape index (κ2) is 7.46. The summed E-state index contributed by atoms with van der Waals surface area (Å²) in [7, 11) is 3.84. The first kappa shape index (κ1) is 19.7. The van der Waals surface area contributed by atoms with Crippen LogP contribution in [0.5, 0.6) is 0 Å². The van der Waals surface area contributed by atoms with E-state index in [1.165, 1.54) is 11.2 Å². The summed E-state index contributed by atoms with van der Waals surface area (Å²) >= 11 is 0. The molecule has 1 aliphatic heterocycles. The number of aliphatic hydroxyl groups is 1. The van der Waals surface area contributed by atoms with E-state index < -0.39 is 17.7 Å². The molecule has 1 unspecified atom stereocenters. The minimum atomic E-state index is -0.885. The molecule has 1 saturated heterocycles. The summed E-state index contributed by atoms with van der Waals surface area (Å²) in [6.45, 7) is 0. The number of H-pyrrole nitrogens is 1. The van der Waals surface area contributed by atoms with Crippen LogP contribution in [0, 0.1) is 0 Å². The lowest BCUT2D eigenvalue weighted by Gasteiger charge is -2.24. The molecule has 0 spiro atoms. The normalized spacial score (nSPS) is 17.9. The van der Waals surface area contributed by atoms with E-state index in [1.807, 2.05) is 55.4 Å². The van der Waals surface area contributed by atoms with Crippen molar-refractivity contribution in [1.82, 2.24) is 4.98 Å². The number of hydrogen-bond donors (Lipinski definition) is 2. The van der Waals surface area contributed by atoms with Gasteiger partial charge in [0.25, 0.3) is 11.7 Å². The first-order valence-corrected chi connectivity index (χ1v) is 10.2. The zero-order valence-electron chi connectivity index (χ0n) is 17.6. The van der Waals surface area contributed by atoms with Gasteiger partial charge < -0.3 is 19.4 Å². The van der Waals surface area contributed by atoms with Crippen molar-refractivity contribution < 1.29 is 19.1 Å². The maximum Gasteiger partial charge on any atom is 0.300 e. The van der Waals surface area contributed by atoms with Crippen molar-refractivity contribution in [2.45, 2.75) is 6.04 Å². The van der Waals surface area contributed by atoms with Gasteiger partial charge in [-0.1, -0.05) is 18.2 Å². The fourth-order valence-corrected chi connectivity index (χ4v) is 4.14. The van der Waals surface area contributed by atoms with Gasteiger partial charge in [0.1, 0.15) is 17.6 Å². The van der Waals surface area contributed by atoms with Crippen LogP contribution in [-0.4, -0.2) is 35.9 Å². The molecule has 2 aromatic heterocycles. The molecule has 1 atom stereocenters. The first-order valence-electron chi connectivity index (χ1n) is 10.2. The number of hydrogen-bond acceptors (Lipinski definition) is 5. The van der Waals surface area contributed by atoms with Gasteiger partial charge in [0, 0.05) is 48.1 Å². The van der Waals surface area contributed by atoms with E-state index in [-0.39, 0.29) is 11.3 Å². The largest absolute Gasteiger partial charge is 0.507 e. The van der Waals surface area contributed by atoms with Crippen LogP contribution < -0.4 is 9.80 Å². The highest BCUT2D eigenvalue weighted by atomic mass is 16.3. The Balaban J connectivity index is 1.69. The van der Waals surface area contributed by atoms with E-state index in [1.54, 1.807) is 30.5 Å². The maximum absolute atomic E-state index is 13.2. The summed E-state index contributed by atoms with van der Waals surface area (Å²) in [6, 6.07) is 17.2. The Hall–Kier alpha value is -4.26. The predicted molar refractivity (Wildman–Crippen MR) is 123 cm³/mol. The number of carbonyl (C=O) groups excluding carboxylic acids is 2. The molecule has 5 rings (SSSR count). The predicted octanol–water partition coefficient (Wildman–Crippen LogP) is 4.45. The highest BCUT2D eigenvalue weighted by Gasteiger charge is 2.48. The molecule has 160 valence electrons. The molecule has 0 aliphatic carbocycles. The molecule has 0 saturated carbocycles. The lowest BCUT2D eigenvalue weighted by molar-refractivity contribution is -0.132. The fraction of sp³-hybridized carbons (Fsp3) is 0.120. The second-order valence-corrected chi connectivity index (χ2v) is 7.84. The molecule has 1 aliphatic rings. The molecule has 32 heavy (non-hydrogen) atoms. The van der Waals surface area contributed by atoms with Gasteiger partial charge in [0.05, 0.1) is 11.8 Å². The number of aromatic nitrogens is 1. The van der Waals surface area contributed by atoms with E-state index in [0.29, 0.717) is 17.0 Å². The SMILES string of the molecule is CN(C)c1ccc(N2C(=O)C(=O)/C(=C(\O)c3c[nH]c4ccccc34)C2c2ccco2)cc1. The number of rotatable bonds is 4. The number of nitrogens with zero attached hydrogens (tertiary/aromatic N) is 2. The Morgan fingerprint density at radius 2 is 1.78 bits per heavy atom. The number of para-hydroxylation sites is 1. The summed E-state index contributed by atoms with van der Waals surface area (Å²) in [5, 5.41) is 12.0. The summed E-state index contributed by atoms with van der Waals surface area (Å²) in [5.41, 5.74) is 2.76. The molecule has 3 heterocycles. The van der Waals surface area contributed by atoms with Crippen LogP contribution in [0.4, 0.5) is 11.4 Å². The number of aliphatic hydroxyl groups excluding tert-OH is 1. The Labute approximate surface area is 184 Å². The topological polar surface area (TPSA) is 89.8 Å². The van der Waals surface area contributed by atoms with Crippen molar-refractivity contribution in [2.75, 3.05) is 23.9 Å². The molecule has 0 bridgehead atoms. The van der Waals surface area contributed by atoms with Crippen LogP contribution in [0.15, 0.2) is 83.1 Å². The Bertz CT molecular complexity index is 1350. The number of furan rings is 1. The van der Waals surface area contributed by atoms with Gasteiger partial charge in [0.15, 0.2) is 0 Å². The Morgan fingerprint density at radius 1 is 1.03 bits per heavy atom. The molecule has 4 aromatic rings. The number of carbonyl (C=O) groups is 2. The van der Waals surface area contributed by atoms with Gasteiger partial charge in [-0.3, -0.25) is 14.5 Å². The number of fused-ring (bicyclic) bond motifs is 1. The third-order valence-electron chi connectivity index (χ3n) is 5.75. The van der Waals surface area contributed by atoms with Crippen molar-refractivity contribution in [3.63, 3.8) is 0 Å². The lowest BCUT2D eigenvalue weighted by Crippen LogP contribution is -2.29. The molecule has 2 aromatic carbocycles. The molecule has 0 radical (unpaired) electrons. The minimum absolute atomic E-state index is 0.00797. The van der Waals surface area contributed by atoms with Crippen LogP contribution in [0.3, 0.4) is 0 Å². The van der Waals surface area contributed by atoms with E-state index in [2.05, 4.69) is 4.98 Å². The number of benzene rings is 2. The lowest BCUT2D eigenvalue weighted by atomic mass is 9.99. The molecule has 2 N–H and O–H groups in total. The van der Waals surface area contributed by atoms with Crippen molar-refractivity contribution in [3.8, 4) is 0 Å². The van der Waals surface area contributed by atoms with Gasteiger partial charge in [-0.2, -0.15) is 0 Å². The molecule has 7 heteroatoms. The average molecular weight is 427 g/mol. The van der Waals surface area contributed by atoms with Crippen LogP contribution in [0.25, 0.3) is 16.7 Å². The second-order valence-electron chi connectivity index (χ2n) is 7.84. The van der Waals surface area contributed by atoms with Gasteiger partial charge >= 0.3 is 0 Å². The fourth-order valence-electron chi connectivity index (χ4n) is 4.14. The van der Waals surface area contributed by atoms with Gasteiger partial charge in [-0.15, -0.1) is 0 Å². The van der Waals surface area contributed by atoms with E-state index in [9.17, 15) is 14.7 Å². The van der Waals surface area contributed by atoms with E-state index >= 15 is 0 Å². The zero-order valence-corrected chi connectivity index (χ0v) is 17.6. The molecular weight excluding hydrogens is 406 g/mol. The van der Waals surface area contributed by atoms with E-state index in [4.69, 9.17) is 4.42 Å². The number of ketones is 1. The standard InChI is InChI=1S/C25H21N3O4/c1-27(2)15-9-11-16(12-10-15)28-22(20-8-5-13-32-20)21(24(30)25(28)31)23(29)18-14-26-19-7-4-3-6-17(18)19/h3-14,22,26,29H,1-2H3/b23-21-. The number of amides is 1. The highest BCUT2D eigenvalue weighted by molar-refractivity contribution is 6.51. The maximum atomic E-state index is 13.2. The zero-order chi connectivity index (χ0) is 22.4. The van der Waals surface area contributed by atoms with Gasteiger partial charge in [0.2, 0.25) is 0 Å². The van der Waals surface area contributed by atoms with Crippen LogP contribution >= 0.6 is 0 Å². The summed E-state index contributed by atoms with van der Waals surface area (Å²) in [4.78, 5) is 32.7. The van der Waals surface area contributed by atoms with E-state index in [0.717, 1.165) is 16.6 Å². The summed E-state index contributed by atoms with van der Waals surface area (Å²) in [5.74, 6) is -1.33. The first-order chi connectivity index (χ1) is 15.5. The summed E-state index contributed by atoms with van der Waals surface area (Å²) in [6.07, 6.45) is 3.12. The Morgan fingerprint density at radius 3 is 2.47 bits per heavy atom. The van der Waals surface area contributed by atoms with Gasteiger partial charge in [-0.25, -0.2) is 0 Å². The number of aromatic amines is 1. The molecular formula is C25H21N3O4. The average Bonchev–Trinajstić information content (AvgIpc) is 3.52. The number of Topliss-reactive ketones (excluding diaryl/α,β-unsaturated/α-hetero) is 1. The van der Waals surface area contributed by atoms with Crippen molar-refractivity contribution in [1.29, 1.82) is 0 Å². The third kappa shape index (κ3) is 2.98. The monoisotopic (exact) mass is 427 g/mol. The third-order valence-corrected chi connectivity index (χ3v) is 5.75. The van der Waals surface area contributed by atoms with Crippen LogP contribution in [0.2, 0.25) is 0 Å². The Kier molecular flexibility index (Phi) is 4.59. The molecule has 1 amide bonds. The molecule has 7 nitrogen and oxygen atoms in total. The number of nitrogens with one attached hydrogen (secondary N) is 1. The van der Waals surface area contributed by atoms with Gasteiger partial charge in [-0.05, 0) is 42.5 Å².